The van der Waals surface area contributed by atoms with Crippen LogP contribution >= 0.6 is 11.8 Å². The largest absolute Gasteiger partial charge is 0.481 e. The van der Waals surface area contributed by atoms with Gasteiger partial charge >= 0.3 is 11.9 Å². The molecule has 0 saturated heterocycles. The molecule has 0 aromatic carbocycles. The summed E-state index contributed by atoms with van der Waals surface area (Å²) in [7, 11) is 0. The van der Waals surface area contributed by atoms with Gasteiger partial charge in [-0.05, 0) is 37.0 Å². The predicted molar refractivity (Wildman–Crippen MR) is 74.0 cm³/mol. The Morgan fingerprint density at radius 1 is 1.37 bits per heavy atom. The minimum atomic E-state index is -0.730. The molecular weight excluding hydrogens is 264 g/mol. The Labute approximate surface area is 117 Å². The number of carboxylic acid groups (broad SMARTS) is 1. The van der Waals surface area contributed by atoms with Crippen LogP contribution in [0.1, 0.15) is 25.7 Å². The predicted octanol–water partition coefficient (Wildman–Crippen LogP) is 2.34. The number of carbonyl (C=O) groups is 2. The summed E-state index contributed by atoms with van der Waals surface area (Å²) < 4.78 is 5.16. The van der Waals surface area contributed by atoms with Crippen LogP contribution in [0.4, 0.5) is 0 Å². The molecule has 0 aliphatic heterocycles. The number of carbonyl (C=O) groups excluding carboxylic acids is 1. The fourth-order valence-corrected chi connectivity index (χ4v) is 4.94. The van der Waals surface area contributed by atoms with Crippen molar-refractivity contribution in [1.82, 2.24) is 0 Å². The van der Waals surface area contributed by atoms with Crippen molar-refractivity contribution in [2.75, 3.05) is 12.4 Å². The summed E-state index contributed by atoms with van der Waals surface area (Å²) in [5.74, 6) is 1.37. The second kappa shape index (κ2) is 6.46. The first-order chi connectivity index (χ1) is 9.10. The highest BCUT2D eigenvalue weighted by Crippen LogP contribution is 2.52. The SMILES string of the molecule is C=CC(=O)OCC1CC2CC(SCCC(=O)O)C1C2. The zero-order chi connectivity index (χ0) is 13.8. The molecule has 2 aliphatic rings. The number of carboxylic acids is 1. The fourth-order valence-electron chi connectivity index (χ4n) is 3.36. The Hall–Kier alpha value is -0.970. The van der Waals surface area contributed by atoms with Crippen molar-refractivity contribution in [2.24, 2.45) is 17.8 Å². The van der Waals surface area contributed by atoms with E-state index in [-0.39, 0.29) is 12.4 Å². The van der Waals surface area contributed by atoms with E-state index in [1.165, 1.54) is 18.9 Å². The van der Waals surface area contributed by atoms with E-state index in [1.807, 2.05) is 0 Å². The normalized spacial score (nSPS) is 32.2. The standard InChI is InChI=1S/C14H20O4S/c1-2-14(17)18-8-10-5-9-6-11(10)12(7-9)19-4-3-13(15)16/h2,9-12H,1,3-8H2,(H,15,16). The highest BCUT2D eigenvalue weighted by molar-refractivity contribution is 7.99. The van der Waals surface area contributed by atoms with Crippen LogP contribution in [0.15, 0.2) is 12.7 Å². The molecule has 2 saturated carbocycles. The summed E-state index contributed by atoms with van der Waals surface area (Å²) in [6.07, 6.45) is 4.98. The maximum atomic E-state index is 11.1. The lowest BCUT2D eigenvalue weighted by Crippen LogP contribution is -2.27. The Morgan fingerprint density at radius 3 is 2.79 bits per heavy atom. The zero-order valence-corrected chi connectivity index (χ0v) is 11.7. The van der Waals surface area contributed by atoms with Gasteiger partial charge in [0, 0.05) is 17.1 Å². The third-order valence-corrected chi connectivity index (χ3v) is 5.55. The van der Waals surface area contributed by atoms with Crippen molar-refractivity contribution in [3.05, 3.63) is 12.7 Å². The van der Waals surface area contributed by atoms with Crippen LogP contribution in [-0.2, 0) is 14.3 Å². The van der Waals surface area contributed by atoms with Crippen LogP contribution in [0.2, 0.25) is 0 Å². The van der Waals surface area contributed by atoms with Crippen LogP contribution in [0, 0.1) is 17.8 Å². The molecule has 1 N–H and O–H groups in total. The first-order valence-electron chi connectivity index (χ1n) is 6.72. The molecule has 5 heteroatoms. The molecule has 4 nitrogen and oxygen atoms in total. The summed E-state index contributed by atoms with van der Waals surface area (Å²) in [6.45, 7) is 3.88. The first kappa shape index (κ1) is 14.4. The van der Waals surface area contributed by atoms with Gasteiger partial charge in [-0.3, -0.25) is 4.79 Å². The first-order valence-corrected chi connectivity index (χ1v) is 7.77. The van der Waals surface area contributed by atoms with Crippen molar-refractivity contribution in [3.8, 4) is 0 Å². The summed E-state index contributed by atoms with van der Waals surface area (Å²) in [5.41, 5.74) is 0. The number of hydrogen-bond donors (Lipinski definition) is 1. The van der Waals surface area contributed by atoms with Gasteiger partial charge in [0.1, 0.15) is 0 Å². The van der Waals surface area contributed by atoms with E-state index >= 15 is 0 Å². The molecule has 0 heterocycles. The molecule has 0 radical (unpaired) electrons. The second-order valence-corrected chi connectivity index (χ2v) is 6.73. The molecule has 2 aliphatic carbocycles. The minimum absolute atomic E-state index is 0.231. The monoisotopic (exact) mass is 284 g/mol. The quantitative estimate of drug-likeness (QED) is 0.574. The number of fused-ring (bicyclic) bond motifs is 2. The van der Waals surface area contributed by atoms with Crippen LogP contribution in [0.25, 0.3) is 0 Å². The lowest BCUT2D eigenvalue weighted by atomic mass is 9.89. The van der Waals surface area contributed by atoms with E-state index in [4.69, 9.17) is 9.84 Å². The average Bonchev–Trinajstić information content (AvgIpc) is 2.94. The van der Waals surface area contributed by atoms with Gasteiger partial charge in [0.05, 0.1) is 13.0 Å². The summed E-state index contributed by atoms with van der Waals surface area (Å²) in [5, 5.41) is 9.21. The highest BCUT2D eigenvalue weighted by Gasteiger charge is 2.46. The molecule has 0 aromatic rings. The molecule has 0 aromatic heterocycles. The van der Waals surface area contributed by atoms with Crippen molar-refractivity contribution in [2.45, 2.75) is 30.9 Å². The smallest absolute Gasteiger partial charge is 0.330 e. The number of aliphatic carboxylic acids is 1. The van der Waals surface area contributed by atoms with Gasteiger partial charge in [0.15, 0.2) is 0 Å². The Kier molecular flexibility index (Phi) is 4.91. The summed E-state index contributed by atoms with van der Waals surface area (Å²) in [6, 6.07) is 0. The van der Waals surface area contributed by atoms with Gasteiger partial charge in [-0.15, -0.1) is 0 Å². The number of ether oxygens (including phenoxy) is 1. The molecule has 19 heavy (non-hydrogen) atoms. The van der Waals surface area contributed by atoms with Gasteiger partial charge < -0.3 is 9.84 Å². The lowest BCUT2D eigenvalue weighted by molar-refractivity contribution is -0.139. The van der Waals surface area contributed by atoms with Crippen LogP contribution in [0.5, 0.6) is 0 Å². The van der Waals surface area contributed by atoms with Crippen LogP contribution < -0.4 is 0 Å². The molecule has 4 atom stereocenters. The van der Waals surface area contributed by atoms with Crippen LogP contribution in [-0.4, -0.2) is 34.7 Å². The summed E-state index contributed by atoms with van der Waals surface area (Å²) >= 11 is 1.78. The van der Waals surface area contributed by atoms with Crippen molar-refractivity contribution >= 4 is 23.7 Å². The average molecular weight is 284 g/mol. The highest BCUT2D eigenvalue weighted by atomic mass is 32.2. The van der Waals surface area contributed by atoms with Gasteiger partial charge in [0.2, 0.25) is 0 Å². The number of esters is 1. The molecular formula is C14H20O4S. The van der Waals surface area contributed by atoms with Crippen LogP contribution in [0.3, 0.4) is 0 Å². The fraction of sp³-hybridized carbons (Fsp3) is 0.714. The number of hydrogen-bond acceptors (Lipinski definition) is 4. The number of rotatable bonds is 7. The minimum Gasteiger partial charge on any atom is -0.481 e. The molecule has 2 bridgehead atoms. The Balaban J connectivity index is 1.77. The van der Waals surface area contributed by atoms with Crippen molar-refractivity contribution in [3.63, 3.8) is 0 Å². The third kappa shape index (κ3) is 3.75. The van der Waals surface area contributed by atoms with E-state index in [0.717, 1.165) is 12.3 Å². The van der Waals surface area contributed by atoms with E-state index in [0.29, 0.717) is 29.4 Å². The maximum absolute atomic E-state index is 11.1. The lowest BCUT2D eigenvalue weighted by Gasteiger charge is -2.28. The van der Waals surface area contributed by atoms with Gasteiger partial charge in [-0.1, -0.05) is 6.58 Å². The topological polar surface area (TPSA) is 63.6 Å². The molecule has 2 rings (SSSR count). The molecule has 106 valence electrons. The Morgan fingerprint density at radius 2 is 2.16 bits per heavy atom. The van der Waals surface area contributed by atoms with E-state index in [1.54, 1.807) is 11.8 Å². The molecule has 0 amide bonds. The van der Waals surface area contributed by atoms with E-state index < -0.39 is 5.97 Å². The molecule has 2 fully saturated rings. The third-order valence-electron chi connectivity index (χ3n) is 4.14. The van der Waals surface area contributed by atoms with E-state index in [9.17, 15) is 9.59 Å². The van der Waals surface area contributed by atoms with Crippen molar-refractivity contribution in [1.29, 1.82) is 0 Å². The zero-order valence-electron chi connectivity index (χ0n) is 10.9. The van der Waals surface area contributed by atoms with Gasteiger partial charge in [-0.25, -0.2) is 4.79 Å². The van der Waals surface area contributed by atoms with Gasteiger partial charge in [-0.2, -0.15) is 11.8 Å². The molecule has 0 spiro atoms. The number of thioether (sulfide) groups is 1. The maximum Gasteiger partial charge on any atom is 0.330 e. The second-order valence-electron chi connectivity index (χ2n) is 5.38. The van der Waals surface area contributed by atoms with E-state index in [2.05, 4.69) is 6.58 Å². The Bertz CT molecular complexity index is 368. The molecule has 4 unspecified atom stereocenters. The van der Waals surface area contributed by atoms with Gasteiger partial charge in [0.25, 0.3) is 0 Å². The van der Waals surface area contributed by atoms with Crippen molar-refractivity contribution < 1.29 is 19.4 Å². The summed E-state index contributed by atoms with van der Waals surface area (Å²) in [4.78, 5) is 21.6.